The number of nitrogens with zero attached hydrogens (tertiary/aromatic N) is 2. The fourth-order valence-corrected chi connectivity index (χ4v) is 1.90. The van der Waals surface area contributed by atoms with Gasteiger partial charge < -0.3 is 5.32 Å². The molecule has 1 aliphatic rings. The molecule has 1 aliphatic heterocycles. The van der Waals surface area contributed by atoms with Crippen molar-refractivity contribution in [2.75, 3.05) is 12.4 Å². The number of pyridine rings is 1. The Hall–Kier alpha value is -1.62. The highest BCUT2D eigenvalue weighted by Crippen LogP contribution is 2.23. The Kier molecular flexibility index (Phi) is 3.28. The molecule has 5 nitrogen and oxygen atoms in total. The summed E-state index contributed by atoms with van der Waals surface area (Å²) in [6, 6.07) is 1.30. The van der Waals surface area contributed by atoms with Crippen LogP contribution >= 0.6 is 11.6 Å². The van der Waals surface area contributed by atoms with E-state index in [0.29, 0.717) is 23.6 Å². The van der Waals surface area contributed by atoms with E-state index in [1.165, 1.54) is 13.2 Å². The number of carbonyl (C=O) groups excluding carboxylic acids is 2. The van der Waals surface area contributed by atoms with Crippen molar-refractivity contribution >= 4 is 29.1 Å². The summed E-state index contributed by atoms with van der Waals surface area (Å²) in [5.74, 6) is -0.372. The van der Waals surface area contributed by atoms with E-state index < -0.39 is 6.04 Å². The van der Waals surface area contributed by atoms with Crippen molar-refractivity contribution in [1.29, 1.82) is 0 Å². The minimum Gasteiger partial charge on any atom is -0.372 e. The van der Waals surface area contributed by atoms with Gasteiger partial charge in [0.05, 0.1) is 10.7 Å². The van der Waals surface area contributed by atoms with Crippen LogP contribution in [0.4, 0.5) is 5.69 Å². The molecule has 1 aromatic heterocycles. The Morgan fingerprint density at radius 2 is 2.29 bits per heavy atom. The van der Waals surface area contributed by atoms with Gasteiger partial charge in [0.2, 0.25) is 5.91 Å². The van der Waals surface area contributed by atoms with E-state index in [2.05, 4.69) is 10.3 Å². The third kappa shape index (κ3) is 2.39. The first kappa shape index (κ1) is 11.9. The number of rotatable bonds is 2. The summed E-state index contributed by atoms with van der Waals surface area (Å²) in [6.07, 6.45) is 3.95. The van der Waals surface area contributed by atoms with Crippen LogP contribution in [0.2, 0.25) is 5.02 Å². The van der Waals surface area contributed by atoms with Gasteiger partial charge in [-0.05, 0) is 12.5 Å². The summed E-state index contributed by atoms with van der Waals surface area (Å²) in [5, 5.41) is 3.49. The smallest absolute Gasteiger partial charge is 0.251 e. The molecule has 1 N–H and O–H groups in total. The minimum atomic E-state index is -0.405. The molecule has 0 aromatic carbocycles. The molecule has 1 saturated heterocycles. The number of halogens is 1. The lowest BCUT2D eigenvalue weighted by Crippen LogP contribution is -2.48. The first-order valence-electron chi connectivity index (χ1n) is 5.26. The number of hydrogen-bond acceptors (Lipinski definition) is 4. The molecule has 0 radical (unpaired) electrons. The van der Waals surface area contributed by atoms with E-state index in [4.69, 9.17) is 11.6 Å². The number of piperidine rings is 1. The van der Waals surface area contributed by atoms with Crippen molar-refractivity contribution in [2.45, 2.75) is 18.9 Å². The van der Waals surface area contributed by atoms with Crippen LogP contribution in [0.3, 0.4) is 0 Å². The maximum Gasteiger partial charge on any atom is 0.251 e. The van der Waals surface area contributed by atoms with Gasteiger partial charge in [-0.3, -0.25) is 19.5 Å². The molecular formula is C11H12ClN3O2. The minimum absolute atomic E-state index is 0.145. The van der Waals surface area contributed by atoms with Gasteiger partial charge in [0.1, 0.15) is 6.04 Å². The highest BCUT2D eigenvalue weighted by Gasteiger charge is 2.31. The van der Waals surface area contributed by atoms with Crippen LogP contribution < -0.4 is 5.32 Å². The number of likely N-dealkylation sites (N-methyl/N-ethyl adjacent to an activating group) is 1. The van der Waals surface area contributed by atoms with Crippen molar-refractivity contribution in [2.24, 2.45) is 0 Å². The molecule has 1 fully saturated rings. The van der Waals surface area contributed by atoms with Gasteiger partial charge in [0, 0.05) is 25.9 Å². The number of nitrogens with one attached hydrogen (secondary N) is 1. The van der Waals surface area contributed by atoms with E-state index in [0.717, 1.165) is 4.90 Å². The molecule has 2 rings (SSSR count). The molecule has 17 heavy (non-hydrogen) atoms. The number of imide groups is 1. The Bertz CT molecular complexity index is 464. The second-order valence-electron chi connectivity index (χ2n) is 3.88. The van der Waals surface area contributed by atoms with Crippen LogP contribution in [-0.4, -0.2) is 34.8 Å². The topological polar surface area (TPSA) is 62.3 Å². The second-order valence-corrected chi connectivity index (χ2v) is 4.29. The fraction of sp³-hybridized carbons (Fsp3) is 0.364. The third-order valence-corrected chi connectivity index (χ3v) is 3.05. The molecule has 0 bridgehead atoms. The van der Waals surface area contributed by atoms with E-state index in [1.54, 1.807) is 12.3 Å². The molecule has 1 aromatic rings. The van der Waals surface area contributed by atoms with Crippen molar-refractivity contribution in [3.05, 3.63) is 23.5 Å². The quantitative estimate of drug-likeness (QED) is 0.807. The molecule has 2 heterocycles. The van der Waals surface area contributed by atoms with Crippen molar-refractivity contribution in [3.63, 3.8) is 0 Å². The standard InChI is InChI=1S/C11H12ClN3O2/c1-15-10(16)3-2-9(11(15)17)14-8-4-5-13-6-7(8)12/h4-6,9H,2-3H2,1H3,(H,13,14). The number of amides is 2. The average Bonchev–Trinajstić information content (AvgIpc) is 2.32. The zero-order valence-corrected chi connectivity index (χ0v) is 10.1. The molecule has 0 aliphatic carbocycles. The van der Waals surface area contributed by atoms with Gasteiger partial charge in [0.25, 0.3) is 5.91 Å². The summed E-state index contributed by atoms with van der Waals surface area (Å²) in [5.41, 5.74) is 0.655. The molecule has 0 saturated carbocycles. The average molecular weight is 254 g/mol. The summed E-state index contributed by atoms with van der Waals surface area (Å²) in [7, 11) is 1.49. The SMILES string of the molecule is CN1C(=O)CCC(Nc2ccncc2Cl)C1=O. The van der Waals surface area contributed by atoms with Crippen molar-refractivity contribution in [3.8, 4) is 0 Å². The highest BCUT2D eigenvalue weighted by atomic mass is 35.5. The molecule has 0 spiro atoms. The van der Waals surface area contributed by atoms with Gasteiger partial charge in [-0.15, -0.1) is 0 Å². The molecule has 90 valence electrons. The van der Waals surface area contributed by atoms with E-state index in [9.17, 15) is 9.59 Å². The van der Waals surface area contributed by atoms with Gasteiger partial charge >= 0.3 is 0 Å². The van der Waals surface area contributed by atoms with Crippen LogP contribution in [0.25, 0.3) is 0 Å². The molecule has 1 unspecified atom stereocenters. The third-order valence-electron chi connectivity index (χ3n) is 2.75. The maximum absolute atomic E-state index is 11.8. The second kappa shape index (κ2) is 4.71. The van der Waals surface area contributed by atoms with Gasteiger partial charge in [0.15, 0.2) is 0 Å². The fourth-order valence-electron chi connectivity index (χ4n) is 1.73. The Morgan fingerprint density at radius 1 is 1.53 bits per heavy atom. The summed E-state index contributed by atoms with van der Waals surface area (Å²) < 4.78 is 0. The Balaban J connectivity index is 2.12. The predicted molar refractivity (Wildman–Crippen MR) is 63.7 cm³/mol. The lowest BCUT2D eigenvalue weighted by Gasteiger charge is -2.28. The lowest BCUT2D eigenvalue weighted by atomic mass is 10.0. The van der Waals surface area contributed by atoms with Crippen LogP contribution in [0, 0.1) is 0 Å². The number of anilines is 1. The van der Waals surface area contributed by atoms with Gasteiger partial charge in [-0.1, -0.05) is 11.6 Å². The monoisotopic (exact) mass is 253 g/mol. The normalized spacial score (nSPS) is 20.6. The van der Waals surface area contributed by atoms with E-state index >= 15 is 0 Å². The number of likely N-dealkylation sites (tertiary alicyclic amines) is 1. The van der Waals surface area contributed by atoms with Crippen LogP contribution in [0.15, 0.2) is 18.5 Å². The number of hydrogen-bond donors (Lipinski definition) is 1. The van der Waals surface area contributed by atoms with Crippen molar-refractivity contribution in [1.82, 2.24) is 9.88 Å². The maximum atomic E-state index is 11.8. The lowest BCUT2D eigenvalue weighted by molar-refractivity contribution is -0.146. The van der Waals surface area contributed by atoms with Crippen LogP contribution in [0.1, 0.15) is 12.8 Å². The summed E-state index contributed by atoms with van der Waals surface area (Å²) >= 11 is 5.94. The van der Waals surface area contributed by atoms with E-state index in [1.807, 2.05) is 0 Å². The predicted octanol–water partition coefficient (Wildman–Crippen LogP) is 1.29. The van der Waals surface area contributed by atoms with Crippen molar-refractivity contribution < 1.29 is 9.59 Å². The first-order valence-corrected chi connectivity index (χ1v) is 5.64. The van der Waals surface area contributed by atoms with Crippen LogP contribution in [0.5, 0.6) is 0 Å². The molecular weight excluding hydrogens is 242 g/mol. The number of aromatic nitrogens is 1. The highest BCUT2D eigenvalue weighted by molar-refractivity contribution is 6.33. The largest absolute Gasteiger partial charge is 0.372 e. The molecule has 2 amide bonds. The molecule has 6 heteroatoms. The Labute approximate surface area is 104 Å². The van der Waals surface area contributed by atoms with Gasteiger partial charge in [-0.25, -0.2) is 0 Å². The zero-order chi connectivity index (χ0) is 12.4. The summed E-state index contributed by atoms with van der Waals surface area (Å²) in [6.45, 7) is 0. The number of carbonyl (C=O) groups is 2. The van der Waals surface area contributed by atoms with Gasteiger partial charge in [-0.2, -0.15) is 0 Å². The molecule has 1 atom stereocenters. The first-order chi connectivity index (χ1) is 8.09. The van der Waals surface area contributed by atoms with Crippen LogP contribution in [-0.2, 0) is 9.59 Å². The Morgan fingerprint density at radius 3 is 3.00 bits per heavy atom. The van der Waals surface area contributed by atoms with E-state index in [-0.39, 0.29) is 11.8 Å². The summed E-state index contributed by atoms with van der Waals surface area (Å²) in [4.78, 5) is 28.2. The zero-order valence-electron chi connectivity index (χ0n) is 9.31.